The van der Waals surface area contributed by atoms with Crippen molar-refractivity contribution >= 4 is 28.3 Å². The molecule has 9 heteroatoms. The van der Waals surface area contributed by atoms with Gasteiger partial charge in [0.1, 0.15) is 5.56 Å². The molecule has 38 heavy (non-hydrogen) atoms. The van der Waals surface area contributed by atoms with Crippen LogP contribution in [0.4, 0.5) is 5.82 Å². The second kappa shape index (κ2) is 9.26. The molecule has 4 heterocycles. The van der Waals surface area contributed by atoms with Crippen molar-refractivity contribution in [2.75, 3.05) is 5.73 Å². The minimum absolute atomic E-state index is 0.126. The lowest BCUT2D eigenvalue weighted by Gasteiger charge is -2.15. The maximum Gasteiger partial charge on any atom is 0.259 e. The second-order valence-corrected chi connectivity index (χ2v) is 9.00. The van der Waals surface area contributed by atoms with Crippen LogP contribution >= 0.6 is 0 Å². The highest BCUT2D eigenvalue weighted by molar-refractivity contribution is 6.05. The Morgan fingerprint density at radius 2 is 1.95 bits per heavy atom. The molecule has 9 nitrogen and oxygen atoms in total. The van der Waals surface area contributed by atoms with Crippen LogP contribution in [0.1, 0.15) is 40.1 Å². The number of rotatable bonds is 4. The summed E-state index contributed by atoms with van der Waals surface area (Å²) in [6.07, 6.45) is 6.94. The monoisotopic (exact) mass is 500 g/mol. The number of hydrogen-bond donors (Lipinski definition) is 3. The van der Waals surface area contributed by atoms with E-state index in [1.807, 2.05) is 56.6 Å². The Balaban J connectivity index is 1.45. The zero-order valence-electron chi connectivity index (χ0n) is 20.8. The number of nitrogens with one attached hydrogen (secondary N) is 2. The predicted molar refractivity (Wildman–Crippen MR) is 146 cm³/mol. The summed E-state index contributed by atoms with van der Waals surface area (Å²) < 4.78 is 3.23. The molecule has 6 aromatic rings. The van der Waals surface area contributed by atoms with Crippen LogP contribution < -0.4 is 11.1 Å². The average molecular weight is 501 g/mol. The molecular formula is C29H24N8O. The Kier molecular flexibility index (Phi) is 5.62. The summed E-state index contributed by atoms with van der Waals surface area (Å²) in [5.74, 6) is 6.32. The number of H-pyrrole nitrogens is 1. The topological polar surface area (TPSA) is 119 Å². The number of carbonyl (C=O) groups is 1. The van der Waals surface area contributed by atoms with E-state index in [1.54, 1.807) is 29.3 Å². The van der Waals surface area contributed by atoms with Gasteiger partial charge in [0.15, 0.2) is 11.5 Å². The van der Waals surface area contributed by atoms with Crippen LogP contribution in [0.25, 0.3) is 27.7 Å². The Morgan fingerprint density at radius 3 is 2.74 bits per heavy atom. The van der Waals surface area contributed by atoms with E-state index in [9.17, 15) is 4.79 Å². The number of nitrogens with zero attached hydrogens (tertiary/aromatic N) is 5. The molecule has 6 rings (SSSR count). The maximum absolute atomic E-state index is 13.4. The van der Waals surface area contributed by atoms with Gasteiger partial charge in [-0.3, -0.25) is 9.48 Å². The molecular weight excluding hydrogens is 476 g/mol. The number of benzene rings is 2. The molecule has 1 atom stereocenters. The van der Waals surface area contributed by atoms with Gasteiger partial charge < -0.3 is 16.0 Å². The van der Waals surface area contributed by atoms with Crippen molar-refractivity contribution in [2.24, 2.45) is 7.05 Å². The molecule has 0 bridgehead atoms. The van der Waals surface area contributed by atoms with Gasteiger partial charge >= 0.3 is 0 Å². The molecule has 4 aromatic heterocycles. The molecule has 0 aliphatic rings. The fraction of sp³-hybridized carbons (Fsp3) is 0.103. The Hall–Kier alpha value is -5.36. The van der Waals surface area contributed by atoms with Gasteiger partial charge in [0, 0.05) is 53.4 Å². The molecule has 2 aromatic carbocycles. The molecule has 0 saturated carbocycles. The van der Waals surface area contributed by atoms with Gasteiger partial charge in [0.2, 0.25) is 0 Å². The third kappa shape index (κ3) is 4.04. The smallest absolute Gasteiger partial charge is 0.259 e. The molecule has 0 aliphatic carbocycles. The number of fused-ring (bicyclic) bond motifs is 2. The van der Waals surface area contributed by atoms with E-state index in [0.717, 1.165) is 38.9 Å². The molecule has 1 unspecified atom stereocenters. The third-order valence-corrected chi connectivity index (χ3v) is 6.39. The number of aryl methyl sites for hydroxylation is 1. The van der Waals surface area contributed by atoms with Crippen LogP contribution in [0.15, 0.2) is 79.4 Å². The van der Waals surface area contributed by atoms with Crippen molar-refractivity contribution in [1.82, 2.24) is 34.7 Å². The van der Waals surface area contributed by atoms with E-state index in [2.05, 4.69) is 49.5 Å². The van der Waals surface area contributed by atoms with Gasteiger partial charge in [-0.1, -0.05) is 48.2 Å². The number of amides is 1. The standard InChI is InChI=1S/C29H24N8O/c1-18(33-29(38)25-27(30)35-37-15-7-14-31-28(25)37)26-24(20-8-4-3-5-9-20)23-21(10-6-11-22(23)34-26)13-12-19-16-32-36(2)17-19/h3-11,14-18,34H,1-2H3,(H2,30,35)(H,33,38). The number of aromatic amines is 1. The molecule has 4 N–H and O–H groups in total. The Bertz CT molecular complexity index is 1870. The van der Waals surface area contributed by atoms with E-state index < -0.39 is 0 Å². The van der Waals surface area contributed by atoms with Crippen LogP contribution in [0.2, 0.25) is 0 Å². The van der Waals surface area contributed by atoms with E-state index in [1.165, 1.54) is 4.52 Å². The first kappa shape index (κ1) is 23.1. The molecule has 0 saturated heterocycles. The maximum atomic E-state index is 13.4. The molecule has 0 radical (unpaired) electrons. The van der Waals surface area contributed by atoms with Crippen molar-refractivity contribution in [3.63, 3.8) is 0 Å². The van der Waals surface area contributed by atoms with E-state index >= 15 is 0 Å². The minimum atomic E-state index is -0.387. The number of nitrogens with two attached hydrogens (primary N) is 1. The average Bonchev–Trinajstić information content (AvgIpc) is 3.62. The van der Waals surface area contributed by atoms with Gasteiger partial charge in [-0.25, -0.2) is 9.50 Å². The number of aromatic nitrogens is 6. The number of anilines is 1. The lowest BCUT2D eigenvalue weighted by molar-refractivity contribution is 0.0941. The highest BCUT2D eigenvalue weighted by atomic mass is 16.1. The SMILES string of the molecule is CC(NC(=O)c1c(N)nn2cccnc12)c1[nH]c2cccc(C#Cc3cnn(C)c3)c2c1-c1ccccc1. The summed E-state index contributed by atoms with van der Waals surface area (Å²) in [5.41, 5.74) is 12.2. The van der Waals surface area contributed by atoms with Crippen molar-refractivity contribution in [3.05, 3.63) is 102 Å². The number of hydrogen-bond acceptors (Lipinski definition) is 5. The van der Waals surface area contributed by atoms with E-state index in [4.69, 9.17) is 5.73 Å². The van der Waals surface area contributed by atoms with Crippen LogP contribution in [-0.2, 0) is 7.05 Å². The largest absolute Gasteiger partial charge is 0.381 e. The molecule has 0 spiro atoms. The van der Waals surface area contributed by atoms with Crippen molar-refractivity contribution in [3.8, 4) is 23.0 Å². The van der Waals surface area contributed by atoms with Crippen LogP contribution in [0.3, 0.4) is 0 Å². The van der Waals surface area contributed by atoms with E-state index in [-0.39, 0.29) is 23.3 Å². The molecule has 0 fully saturated rings. The fourth-order valence-corrected chi connectivity index (χ4v) is 4.69. The lowest BCUT2D eigenvalue weighted by atomic mass is 9.96. The quantitative estimate of drug-likeness (QED) is 0.315. The van der Waals surface area contributed by atoms with Gasteiger partial charge in [0.25, 0.3) is 5.91 Å². The van der Waals surface area contributed by atoms with Gasteiger partial charge in [-0.2, -0.15) is 5.10 Å². The third-order valence-electron chi connectivity index (χ3n) is 6.39. The van der Waals surface area contributed by atoms with Crippen LogP contribution in [0, 0.1) is 11.8 Å². The fourth-order valence-electron chi connectivity index (χ4n) is 4.69. The summed E-state index contributed by atoms with van der Waals surface area (Å²) in [5, 5.41) is 12.5. The summed E-state index contributed by atoms with van der Waals surface area (Å²) in [4.78, 5) is 21.2. The Morgan fingerprint density at radius 1 is 1.11 bits per heavy atom. The number of nitrogen functional groups attached to an aromatic ring is 1. The highest BCUT2D eigenvalue weighted by Crippen LogP contribution is 2.37. The van der Waals surface area contributed by atoms with Crippen molar-refractivity contribution < 1.29 is 4.79 Å². The van der Waals surface area contributed by atoms with Crippen LogP contribution in [0.5, 0.6) is 0 Å². The number of carbonyl (C=O) groups excluding carboxylic acids is 1. The minimum Gasteiger partial charge on any atom is -0.381 e. The molecule has 186 valence electrons. The first-order valence-corrected chi connectivity index (χ1v) is 12.1. The van der Waals surface area contributed by atoms with Gasteiger partial charge in [0.05, 0.1) is 17.8 Å². The van der Waals surface area contributed by atoms with Crippen LogP contribution in [-0.4, -0.2) is 35.3 Å². The first-order chi connectivity index (χ1) is 18.5. The summed E-state index contributed by atoms with van der Waals surface area (Å²) >= 11 is 0. The zero-order chi connectivity index (χ0) is 26.2. The lowest BCUT2D eigenvalue weighted by Crippen LogP contribution is -2.28. The summed E-state index contributed by atoms with van der Waals surface area (Å²) in [6, 6.07) is 17.4. The second-order valence-electron chi connectivity index (χ2n) is 9.00. The molecule has 1 amide bonds. The van der Waals surface area contributed by atoms with E-state index in [0.29, 0.717) is 5.65 Å². The van der Waals surface area contributed by atoms with Crippen molar-refractivity contribution in [2.45, 2.75) is 13.0 Å². The molecule has 0 aliphatic heterocycles. The Labute approximate surface area is 218 Å². The summed E-state index contributed by atoms with van der Waals surface area (Å²) in [6.45, 7) is 1.94. The summed E-state index contributed by atoms with van der Waals surface area (Å²) in [7, 11) is 1.87. The predicted octanol–water partition coefficient (Wildman–Crippen LogP) is 4.08. The van der Waals surface area contributed by atoms with Crippen molar-refractivity contribution in [1.29, 1.82) is 0 Å². The highest BCUT2D eigenvalue weighted by Gasteiger charge is 2.25. The van der Waals surface area contributed by atoms with Gasteiger partial charge in [-0.05, 0) is 30.7 Å². The normalized spacial score (nSPS) is 11.8. The first-order valence-electron chi connectivity index (χ1n) is 12.1. The van der Waals surface area contributed by atoms with Gasteiger partial charge in [-0.15, -0.1) is 5.10 Å². The zero-order valence-corrected chi connectivity index (χ0v) is 20.8.